The van der Waals surface area contributed by atoms with Gasteiger partial charge >= 0.3 is 0 Å². The first-order valence-corrected chi connectivity index (χ1v) is 3.33. The fourth-order valence-corrected chi connectivity index (χ4v) is 1.28. The maximum atomic E-state index is 6.73. The van der Waals surface area contributed by atoms with Crippen LogP contribution in [0.2, 0.25) is 0 Å². The third kappa shape index (κ3) is 0.936. The fraction of sp³-hybridized carbons (Fsp3) is 0.333. The number of hydrogen-bond acceptors (Lipinski definition) is 2. The molecular weight excluding hydrogens is 132 g/mol. The number of aromatic nitrogens is 1. The lowest BCUT2D eigenvalue weighted by Crippen LogP contribution is -1.64. The molecule has 0 aliphatic carbocycles. The van der Waals surface area contributed by atoms with E-state index in [9.17, 15) is 0 Å². The SMILES string of the molecule is [C-]#[N+]c1c(C)nsc1C. The summed E-state index contributed by atoms with van der Waals surface area (Å²) < 4.78 is 4.01. The van der Waals surface area contributed by atoms with E-state index in [0.29, 0.717) is 0 Å². The fourth-order valence-electron chi connectivity index (χ4n) is 0.638. The lowest BCUT2D eigenvalue weighted by molar-refractivity contribution is 1.35. The van der Waals surface area contributed by atoms with E-state index in [4.69, 9.17) is 6.57 Å². The second-order valence-electron chi connectivity index (χ2n) is 1.78. The zero-order chi connectivity index (χ0) is 6.85. The second-order valence-corrected chi connectivity index (χ2v) is 2.76. The average Bonchev–Trinajstić information content (AvgIpc) is 2.12. The Bertz CT molecular complexity index is 237. The minimum atomic E-state index is 0.722. The predicted octanol–water partition coefficient (Wildman–Crippen LogP) is 2.31. The Labute approximate surface area is 58.1 Å². The summed E-state index contributed by atoms with van der Waals surface area (Å²) >= 11 is 1.39. The first-order valence-electron chi connectivity index (χ1n) is 2.56. The summed E-state index contributed by atoms with van der Waals surface area (Å²) in [5, 5.41) is 0. The van der Waals surface area contributed by atoms with Gasteiger partial charge in [0.1, 0.15) is 0 Å². The van der Waals surface area contributed by atoms with Crippen molar-refractivity contribution in [3.8, 4) is 0 Å². The third-order valence-corrected chi connectivity index (χ3v) is 1.94. The molecule has 9 heavy (non-hydrogen) atoms. The van der Waals surface area contributed by atoms with E-state index in [-0.39, 0.29) is 0 Å². The van der Waals surface area contributed by atoms with Gasteiger partial charge in [-0.2, -0.15) is 0 Å². The summed E-state index contributed by atoms with van der Waals surface area (Å²) in [6.07, 6.45) is 0. The number of rotatable bonds is 0. The quantitative estimate of drug-likeness (QED) is 0.503. The van der Waals surface area contributed by atoms with E-state index in [1.807, 2.05) is 13.8 Å². The van der Waals surface area contributed by atoms with Gasteiger partial charge in [0.05, 0.1) is 12.3 Å². The van der Waals surface area contributed by atoms with Gasteiger partial charge in [0.15, 0.2) is 0 Å². The maximum Gasteiger partial charge on any atom is 0.223 e. The summed E-state index contributed by atoms with van der Waals surface area (Å²) in [5.41, 5.74) is 1.58. The molecule has 0 aromatic carbocycles. The summed E-state index contributed by atoms with van der Waals surface area (Å²) in [4.78, 5) is 4.34. The Morgan fingerprint density at radius 2 is 2.22 bits per heavy atom. The standard InChI is InChI=1S/C6H6N2S/c1-4-6(7-3)5(2)9-8-4/h1-2H3. The zero-order valence-electron chi connectivity index (χ0n) is 5.30. The van der Waals surface area contributed by atoms with Crippen LogP contribution >= 0.6 is 11.5 Å². The van der Waals surface area contributed by atoms with Crippen LogP contribution in [-0.2, 0) is 0 Å². The highest BCUT2D eigenvalue weighted by Crippen LogP contribution is 2.25. The maximum absolute atomic E-state index is 6.73. The molecule has 3 heteroatoms. The van der Waals surface area contributed by atoms with E-state index in [1.54, 1.807) is 0 Å². The highest BCUT2D eigenvalue weighted by atomic mass is 32.1. The van der Waals surface area contributed by atoms with E-state index >= 15 is 0 Å². The smallest absolute Gasteiger partial charge is 0.223 e. The number of nitrogens with zero attached hydrogens (tertiary/aromatic N) is 2. The van der Waals surface area contributed by atoms with Gasteiger partial charge in [0.25, 0.3) is 0 Å². The average molecular weight is 138 g/mol. The minimum Gasteiger partial charge on any atom is -0.235 e. The monoisotopic (exact) mass is 138 g/mol. The van der Waals surface area contributed by atoms with Crippen molar-refractivity contribution in [3.05, 3.63) is 22.0 Å². The molecule has 2 nitrogen and oxygen atoms in total. The van der Waals surface area contributed by atoms with Crippen molar-refractivity contribution in [2.45, 2.75) is 13.8 Å². The van der Waals surface area contributed by atoms with Gasteiger partial charge in [-0.15, -0.1) is 0 Å². The van der Waals surface area contributed by atoms with E-state index in [1.165, 1.54) is 11.5 Å². The van der Waals surface area contributed by atoms with Crippen LogP contribution in [0.25, 0.3) is 4.85 Å². The van der Waals surface area contributed by atoms with Crippen LogP contribution in [0, 0.1) is 20.4 Å². The first-order chi connectivity index (χ1) is 4.25. The molecule has 0 fully saturated rings. The van der Waals surface area contributed by atoms with Crippen molar-refractivity contribution >= 4 is 17.2 Å². The summed E-state index contributed by atoms with van der Waals surface area (Å²) in [5.74, 6) is 0. The van der Waals surface area contributed by atoms with Gasteiger partial charge in [0.2, 0.25) is 5.69 Å². The highest BCUT2D eigenvalue weighted by molar-refractivity contribution is 7.06. The molecule has 1 aromatic rings. The van der Waals surface area contributed by atoms with Gasteiger partial charge in [-0.1, -0.05) is 11.5 Å². The Morgan fingerprint density at radius 1 is 1.56 bits per heavy atom. The van der Waals surface area contributed by atoms with Crippen LogP contribution in [0.4, 0.5) is 5.69 Å². The molecule has 0 aliphatic rings. The van der Waals surface area contributed by atoms with Crippen molar-refractivity contribution in [2.75, 3.05) is 0 Å². The molecule has 0 unspecified atom stereocenters. The molecule has 46 valence electrons. The Kier molecular flexibility index (Phi) is 1.50. The molecule has 0 aliphatic heterocycles. The summed E-state index contributed by atoms with van der Waals surface area (Å²) in [6, 6.07) is 0. The Morgan fingerprint density at radius 3 is 2.44 bits per heavy atom. The van der Waals surface area contributed by atoms with Crippen LogP contribution in [0.1, 0.15) is 10.6 Å². The zero-order valence-corrected chi connectivity index (χ0v) is 6.12. The lowest BCUT2D eigenvalue weighted by atomic mass is 10.3. The minimum absolute atomic E-state index is 0.722. The van der Waals surface area contributed by atoms with Crippen molar-refractivity contribution < 1.29 is 0 Å². The van der Waals surface area contributed by atoms with Gasteiger partial charge in [-0.05, 0) is 13.8 Å². The molecule has 1 heterocycles. The topological polar surface area (TPSA) is 17.2 Å². The molecule has 0 bridgehead atoms. The highest BCUT2D eigenvalue weighted by Gasteiger charge is 2.03. The van der Waals surface area contributed by atoms with Crippen molar-refractivity contribution in [2.24, 2.45) is 0 Å². The summed E-state index contributed by atoms with van der Waals surface area (Å²) in [6.45, 7) is 10.5. The Hall–Kier alpha value is -0.880. The van der Waals surface area contributed by atoms with Gasteiger partial charge in [-0.3, -0.25) is 0 Å². The Balaban J connectivity index is 3.27. The van der Waals surface area contributed by atoms with E-state index in [0.717, 1.165) is 16.3 Å². The molecule has 1 rings (SSSR count). The van der Waals surface area contributed by atoms with E-state index < -0.39 is 0 Å². The molecule has 0 N–H and O–H groups in total. The van der Waals surface area contributed by atoms with Gasteiger partial charge in [-0.25, -0.2) is 9.22 Å². The van der Waals surface area contributed by atoms with Crippen LogP contribution in [-0.4, -0.2) is 4.37 Å². The van der Waals surface area contributed by atoms with Crippen LogP contribution in [0.3, 0.4) is 0 Å². The number of hydrogen-bond donors (Lipinski definition) is 0. The van der Waals surface area contributed by atoms with E-state index in [2.05, 4.69) is 9.22 Å². The van der Waals surface area contributed by atoms with Crippen LogP contribution < -0.4 is 0 Å². The normalized spacial score (nSPS) is 9.00. The van der Waals surface area contributed by atoms with Crippen LogP contribution in [0.5, 0.6) is 0 Å². The van der Waals surface area contributed by atoms with Gasteiger partial charge in [0, 0.05) is 4.88 Å². The first kappa shape index (κ1) is 6.24. The van der Waals surface area contributed by atoms with Crippen molar-refractivity contribution in [3.63, 3.8) is 0 Å². The molecule has 0 atom stereocenters. The molecule has 0 spiro atoms. The van der Waals surface area contributed by atoms with Gasteiger partial charge < -0.3 is 0 Å². The van der Waals surface area contributed by atoms with Crippen molar-refractivity contribution in [1.29, 1.82) is 0 Å². The largest absolute Gasteiger partial charge is 0.235 e. The summed E-state index contributed by atoms with van der Waals surface area (Å²) in [7, 11) is 0. The van der Waals surface area contributed by atoms with Crippen LogP contribution in [0.15, 0.2) is 0 Å². The molecule has 0 saturated carbocycles. The lowest BCUT2D eigenvalue weighted by Gasteiger charge is -1.80. The molecule has 0 amide bonds. The predicted molar refractivity (Wildman–Crippen MR) is 37.9 cm³/mol. The molecular formula is C6H6N2S. The second kappa shape index (κ2) is 2.16. The van der Waals surface area contributed by atoms with Crippen molar-refractivity contribution in [1.82, 2.24) is 4.37 Å². The molecule has 1 aromatic heterocycles. The molecule has 0 radical (unpaired) electrons. The third-order valence-electron chi connectivity index (χ3n) is 1.11. The molecule has 0 saturated heterocycles. The number of aryl methyl sites for hydroxylation is 2.